The molecule has 23 heavy (non-hydrogen) atoms. The molecule has 0 spiro atoms. The molecule has 0 unspecified atom stereocenters. The second-order valence-corrected chi connectivity index (χ2v) is 6.59. The number of carbonyl (C=O) groups is 1. The van der Waals surface area contributed by atoms with Gasteiger partial charge in [0.05, 0.1) is 5.69 Å². The average Bonchev–Trinajstić information content (AvgIpc) is 3.06. The molecular weight excluding hydrogens is 316 g/mol. The number of aryl methyl sites for hydroxylation is 1. The van der Waals surface area contributed by atoms with Crippen LogP contribution in [0.4, 0.5) is 16.6 Å². The fraction of sp³-hybridized carbons (Fsp3) is 0.667. The van der Waals surface area contributed by atoms with Crippen molar-refractivity contribution >= 4 is 29.4 Å². The number of carbonyl (C=O) groups excluding carboxylic acids is 1. The van der Waals surface area contributed by atoms with E-state index in [4.69, 9.17) is 17.3 Å². The maximum absolute atomic E-state index is 12.4. The van der Waals surface area contributed by atoms with Crippen LogP contribution in [-0.2, 0) is 0 Å². The van der Waals surface area contributed by atoms with Crippen LogP contribution < -0.4 is 11.1 Å². The number of aromatic nitrogens is 2. The monoisotopic (exact) mass is 338 g/mol. The van der Waals surface area contributed by atoms with Gasteiger partial charge in [0.15, 0.2) is 5.82 Å². The standard InChI is InChI=1S/C15H23ClN6O/c1-10-12(16)13(20-14(17)18-10)19-11-4-8-22(9-5-11)15(23)21-6-2-3-7-21/h11H,2-9H2,1H3,(H3,17,18,19,20). The Hall–Kier alpha value is -1.76. The molecule has 0 atom stereocenters. The molecule has 126 valence electrons. The summed E-state index contributed by atoms with van der Waals surface area (Å²) in [5.74, 6) is 0.803. The number of hydrogen-bond donors (Lipinski definition) is 2. The second kappa shape index (κ2) is 6.78. The summed E-state index contributed by atoms with van der Waals surface area (Å²) in [5.41, 5.74) is 6.36. The molecule has 3 rings (SSSR count). The minimum atomic E-state index is 0.182. The van der Waals surface area contributed by atoms with Gasteiger partial charge in [0.2, 0.25) is 5.95 Å². The van der Waals surface area contributed by atoms with Crippen LogP contribution >= 0.6 is 11.6 Å². The molecule has 0 radical (unpaired) electrons. The van der Waals surface area contributed by atoms with E-state index in [1.807, 2.05) is 16.7 Å². The largest absolute Gasteiger partial charge is 0.368 e. The van der Waals surface area contributed by atoms with Gasteiger partial charge in [0.25, 0.3) is 0 Å². The fourth-order valence-corrected chi connectivity index (χ4v) is 3.33. The van der Waals surface area contributed by atoms with E-state index in [9.17, 15) is 4.79 Å². The molecule has 7 nitrogen and oxygen atoms in total. The zero-order valence-electron chi connectivity index (χ0n) is 13.4. The molecule has 3 heterocycles. The van der Waals surface area contributed by atoms with Crippen molar-refractivity contribution in [1.82, 2.24) is 19.8 Å². The Morgan fingerprint density at radius 1 is 1.17 bits per heavy atom. The highest BCUT2D eigenvalue weighted by atomic mass is 35.5. The van der Waals surface area contributed by atoms with Crippen molar-refractivity contribution < 1.29 is 4.79 Å². The molecule has 0 saturated carbocycles. The number of amides is 2. The molecule has 2 saturated heterocycles. The third kappa shape index (κ3) is 3.60. The van der Waals surface area contributed by atoms with Gasteiger partial charge in [-0.05, 0) is 32.6 Å². The lowest BCUT2D eigenvalue weighted by molar-refractivity contribution is 0.150. The third-order valence-corrected chi connectivity index (χ3v) is 4.97. The summed E-state index contributed by atoms with van der Waals surface area (Å²) in [7, 11) is 0. The summed E-state index contributed by atoms with van der Waals surface area (Å²) >= 11 is 6.24. The highest BCUT2D eigenvalue weighted by Crippen LogP contribution is 2.26. The number of nitrogens with zero attached hydrogens (tertiary/aromatic N) is 4. The van der Waals surface area contributed by atoms with Crippen LogP contribution in [0.3, 0.4) is 0 Å². The Morgan fingerprint density at radius 2 is 1.78 bits per heavy atom. The van der Waals surface area contributed by atoms with E-state index >= 15 is 0 Å². The number of hydrogen-bond acceptors (Lipinski definition) is 5. The number of nitrogens with two attached hydrogens (primary N) is 1. The van der Waals surface area contributed by atoms with Crippen LogP contribution in [0.25, 0.3) is 0 Å². The molecule has 0 aromatic carbocycles. The Balaban J connectivity index is 1.56. The third-order valence-electron chi connectivity index (χ3n) is 4.52. The first-order valence-corrected chi connectivity index (χ1v) is 8.52. The summed E-state index contributed by atoms with van der Waals surface area (Å²) in [6.45, 7) is 5.11. The number of nitrogen functional groups attached to an aromatic ring is 1. The quantitative estimate of drug-likeness (QED) is 0.862. The van der Waals surface area contributed by atoms with Crippen LogP contribution in [0.1, 0.15) is 31.4 Å². The van der Waals surface area contributed by atoms with Crippen molar-refractivity contribution in [3.8, 4) is 0 Å². The van der Waals surface area contributed by atoms with E-state index in [-0.39, 0.29) is 18.0 Å². The highest BCUT2D eigenvalue weighted by molar-refractivity contribution is 6.33. The SMILES string of the molecule is Cc1nc(N)nc(NC2CCN(C(=O)N3CCCC3)CC2)c1Cl. The van der Waals surface area contributed by atoms with E-state index in [0.717, 1.165) is 51.9 Å². The topological polar surface area (TPSA) is 87.4 Å². The van der Waals surface area contributed by atoms with E-state index in [1.165, 1.54) is 0 Å². The molecule has 1 aromatic heterocycles. The summed E-state index contributed by atoms with van der Waals surface area (Å²) in [4.78, 5) is 24.5. The first-order valence-electron chi connectivity index (χ1n) is 8.14. The number of piperidine rings is 1. The maximum atomic E-state index is 12.4. The number of urea groups is 1. The van der Waals surface area contributed by atoms with E-state index in [1.54, 1.807) is 0 Å². The molecule has 2 aliphatic heterocycles. The Kier molecular flexibility index (Phi) is 4.75. The van der Waals surface area contributed by atoms with Gasteiger partial charge in [-0.15, -0.1) is 0 Å². The summed E-state index contributed by atoms with van der Waals surface area (Å²) in [6, 6.07) is 0.421. The average molecular weight is 339 g/mol. The van der Waals surface area contributed by atoms with Crippen LogP contribution in [0.2, 0.25) is 5.02 Å². The van der Waals surface area contributed by atoms with Crippen LogP contribution in [0.5, 0.6) is 0 Å². The lowest BCUT2D eigenvalue weighted by Crippen LogP contribution is -2.47. The Labute approximate surface area is 141 Å². The van der Waals surface area contributed by atoms with Gasteiger partial charge in [-0.1, -0.05) is 11.6 Å². The molecule has 3 N–H and O–H groups in total. The van der Waals surface area contributed by atoms with Gasteiger partial charge < -0.3 is 20.9 Å². The lowest BCUT2D eigenvalue weighted by atomic mass is 10.1. The Bertz CT molecular complexity index is 582. The smallest absolute Gasteiger partial charge is 0.319 e. The Morgan fingerprint density at radius 3 is 2.43 bits per heavy atom. The second-order valence-electron chi connectivity index (χ2n) is 6.21. The molecule has 0 bridgehead atoms. The van der Waals surface area contributed by atoms with Crippen molar-refractivity contribution in [2.75, 3.05) is 37.2 Å². The van der Waals surface area contributed by atoms with Crippen LogP contribution in [0, 0.1) is 6.92 Å². The van der Waals surface area contributed by atoms with Crippen molar-refractivity contribution in [1.29, 1.82) is 0 Å². The van der Waals surface area contributed by atoms with E-state index in [0.29, 0.717) is 16.5 Å². The summed E-state index contributed by atoms with van der Waals surface area (Å²) in [6.07, 6.45) is 3.99. The molecule has 0 aliphatic carbocycles. The molecule has 2 amide bonds. The van der Waals surface area contributed by atoms with Gasteiger partial charge in [-0.25, -0.2) is 9.78 Å². The zero-order valence-corrected chi connectivity index (χ0v) is 14.1. The minimum absolute atomic E-state index is 0.182. The number of likely N-dealkylation sites (tertiary alicyclic amines) is 2. The summed E-state index contributed by atoms with van der Waals surface area (Å²) < 4.78 is 0. The van der Waals surface area contributed by atoms with Gasteiger partial charge in [0.1, 0.15) is 5.02 Å². The van der Waals surface area contributed by atoms with Crippen LogP contribution in [0.15, 0.2) is 0 Å². The summed E-state index contributed by atoms with van der Waals surface area (Å²) in [5, 5.41) is 3.85. The number of anilines is 2. The van der Waals surface area contributed by atoms with Gasteiger partial charge in [-0.3, -0.25) is 0 Å². The predicted octanol–water partition coefficient (Wildman–Crippen LogP) is 2.11. The zero-order chi connectivity index (χ0) is 16.4. The maximum Gasteiger partial charge on any atom is 0.319 e. The van der Waals surface area contributed by atoms with Gasteiger partial charge >= 0.3 is 6.03 Å². The van der Waals surface area contributed by atoms with Crippen molar-refractivity contribution in [2.24, 2.45) is 0 Å². The van der Waals surface area contributed by atoms with Gasteiger partial charge in [0, 0.05) is 32.2 Å². The number of rotatable bonds is 2. The molecule has 1 aromatic rings. The first kappa shape index (κ1) is 16.1. The minimum Gasteiger partial charge on any atom is -0.368 e. The predicted molar refractivity (Wildman–Crippen MR) is 90.6 cm³/mol. The fourth-order valence-electron chi connectivity index (χ4n) is 3.19. The number of halogens is 1. The van der Waals surface area contributed by atoms with Gasteiger partial charge in [-0.2, -0.15) is 4.98 Å². The van der Waals surface area contributed by atoms with E-state index in [2.05, 4.69) is 15.3 Å². The van der Waals surface area contributed by atoms with E-state index < -0.39 is 0 Å². The van der Waals surface area contributed by atoms with Crippen molar-refractivity contribution in [3.63, 3.8) is 0 Å². The normalized spacial score (nSPS) is 19.2. The molecule has 2 aliphatic rings. The van der Waals surface area contributed by atoms with Crippen molar-refractivity contribution in [3.05, 3.63) is 10.7 Å². The highest BCUT2D eigenvalue weighted by Gasteiger charge is 2.28. The first-order chi connectivity index (χ1) is 11.0. The van der Waals surface area contributed by atoms with Crippen molar-refractivity contribution in [2.45, 2.75) is 38.6 Å². The molecular formula is C15H23ClN6O. The lowest BCUT2D eigenvalue weighted by Gasteiger charge is -2.35. The van der Waals surface area contributed by atoms with Crippen LogP contribution in [-0.4, -0.2) is 58.0 Å². The molecule has 2 fully saturated rings. The molecule has 8 heteroatoms. The number of nitrogens with one attached hydrogen (secondary N) is 1.